The molecule has 0 aliphatic carbocycles. The molecule has 3 aliphatic heterocycles. The zero-order chi connectivity index (χ0) is 20.5. The Hall–Kier alpha value is -2.68. The lowest BCUT2D eigenvalue weighted by molar-refractivity contribution is 0.122. The average molecular weight is 412 g/mol. The van der Waals surface area contributed by atoms with Crippen molar-refractivity contribution in [3.63, 3.8) is 0 Å². The van der Waals surface area contributed by atoms with Crippen molar-refractivity contribution in [2.45, 2.75) is 32.2 Å². The van der Waals surface area contributed by atoms with Crippen molar-refractivity contribution < 1.29 is 4.74 Å². The molecule has 2 aromatic rings. The number of hydrogen-bond donors (Lipinski definition) is 1. The number of ether oxygens (including phenoxy) is 1. The molecule has 2 bridgehead atoms. The first-order valence-electron chi connectivity index (χ1n) is 11.0. The Balaban J connectivity index is 1.45. The Kier molecular flexibility index (Phi) is 5.28. The van der Waals surface area contributed by atoms with Crippen LogP contribution >= 0.6 is 0 Å². The molecule has 0 amide bonds. The summed E-state index contributed by atoms with van der Waals surface area (Å²) in [7, 11) is 0. The van der Waals surface area contributed by atoms with Crippen LogP contribution in [0.25, 0.3) is 0 Å². The van der Waals surface area contributed by atoms with Crippen LogP contribution in [0.4, 0.5) is 17.8 Å². The van der Waals surface area contributed by atoms with Gasteiger partial charge in [0.1, 0.15) is 0 Å². The molecule has 160 valence electrons. The molecule has 0 spiro atoms. The van der Waals surface area contributed by atoms with Crippen molar-refractivity contribution in [2.75, 3.05) is 61.1 Å². The van der Waals surface area contributed by atoms with E-state index in [1.807, 2.05) is 10.6 Å². The van der Waals surface area contributed by atoms with Crippen LogP contribution in [0.5, 0.6) is 0 Å². The molecule has 9 nitrogen and oxygen atoms in total. The van der Waals surface area contributed by atoms with Crippen LogP contribution in [0, 0.1) is 5.92 Å². The monoisotopic (exact) mass is 411 g/mol. The number of nitrogens with one attached hydrogen (secondary N) is 1. The molecule has 9 heteroatoms. The molecule has 0 aromatic carbocycles. The van der Waals surface area contributed by atoms with E-state index in [1.54, 1.807) is 6.07 Å². The van der Waals surface area contributed by atoms with Crippen LogP contribution in [-0.4, -0.2) is 65.5 Å². The molecule has 2 aromatic heterocycles. The van der Waals surface area contributed by atoms with Crippen molar-refractivity contribution >= 4 is 17.8 Å². The summed E-state index contributed by atoms with van der Waals surface area (Å²) in [4.78, 5) is 31.0. The maximum absolute atomic E-state index is 12.3. The number of aromatic nitrogens is 4. The van der Waals surface area contributed by atoms with E-state index in [0.29, 0.717) is 36.9 Å². The summed E-state index contributed by atoms with van der Waals surface area (Å²) < 4.78 is 7.44. The minimum Gasteiger partial charge on any atom is -0.378 e. The fourth-order valence-electron chi connectivity index (χ4n) is 4.78. The normalized spacial score (nSPS) is 23.2. The van der Waals surface area contributed by atoms with Gasteiger partial charge in [0, 0.05) is 56.9 Å². The van der Waals surface area contributed by atoms with Crippen molar-refractivity contribution in [1.82, 2.24) is 19.5 Å². The van der Waals surface area contributed by atoms with Crippen LogP contribution in [0.1, 0.15) is 31.4 Å². The minimum atomic E-state index is 0.108. The predicted molar refractivity (Wildman–Crippen MR) is 115 cm³/mol. The van der Waals surface area contributed by atoms with Gasteiger partial charge in [0.05, 0.1) is 13.2 Å². The van der Waals surface area contributed by atoms with Gasteiger partial charge in [0.25, 0.3) is 5.56 Å². The van der Waals surface area contributed by atoms with Crippen molar-refractivity contribution in [1.29, 1.82) is 0 Å². The van der Waals surface area contributed by atoms with Gasteiger partial charge in [-0.25, -0.2) is 0 Å². The Morgan fingerprint density at radius 1 is 1.07 bits per heavy atom. The fourth-order valence-corrected chi connectivity index (χ4v) is 4.78. The summed E-state index contributed by atoms with van der Waals surface area (Å²) in [6.45, 7) is 8.37. The Morgan fingerprint density at radius 3 is 2.67 bits per heavy atom. The number of fused-ring (bicyclic) bond motifs is 4. The minimum absolute atomic E-state index is 0.108. The van der Waals surface area contributed by atoms with Gasteiger partial charge < -0.3 is 24.4 Å². The van der Waals surface area contributed by atoms with Crippen LogP contribution in [0.2, 0.25) is 0 Å². The summed E-state index contributed by atoms with van der Waals surface area (Å²) in [5.74, 6) is 2.82. The van der Waals surface area contributed by atoms with Gasteiger partial charge >= 0.3 is 0 Å². The molecule has 3 aliphatic rings. The summed E-state index contributed by atoms with van der Waals surface area (Å²) >= 11 is 0. The van der Waals surface area contributed by atoms with E-state index in [4.69, 9.17) is 14.7 Å². The SMILES string of the molecule is CCCNc1nc(N2CCOCC2)nc(N2C[C@H]3C[C@@H](C2)c2cccc(=O)n2C3)n1. The van der Waals surface area contributed by atoms with Crippen LogP contribution < -0.4 is 20.7 Å². The molecule has 0 radical (unpaired) electrons. The molecule has 0 unspecified atom stereocenters. The number of pyridine rings is 1. The maximum Gasteiger partial charge on any atom is 0.250 e. The van der Waals surface area contributed by atoms with E-state index in [9.17, 15) is 4.79 Å². The molecular weight excluding hydrogens is 382 g/mol. The molecule has 0 saturated carbocycles. The molecule has 30 heavy (non-hydrogen) atoms. The van der Waals surface area contributed by atoms with Crippen LogP contribution in [0.3, 0.4) is 0 Å². The van der Waals surface area contributed by atoms with Crippen LogP contribution in [-0.2, 0) is 11.3 Å². The Bertz CT molecular complexity index is 957. The van der Waals surface area contributed by atoms with Crippen LogP contribution in [0.15, 0.2) is 23.0 Å². The summed E-state index contributed by atoms with van der Waals surface area (Å²) in [6.07, 6.45) is 2.12. The van der Waals surface area contributed by atoms with E-state index >= 15 is 0 Å². The van der Waals surface area contributed by atoms with Crippen molar-refractivity contribution in [3.05, 3.63) is 34.2 Å². The van der Waals surface area contributed by atoms with E-state index in [-0.39, 0.29) is 5.56 Å². The molecule has 1 N–H and O–H groups in total. The van der Waals surface area contributed by atoms with Crippen molar-refractivity contribution in [3.8, 4) is 0 Å². The fraction of sp³-hybridized carbons (Fsp3) is 0.619. The zero-order valence-corrected chi connectivity index (χ0v) is 17.5. The molecular formula is C21H29N7O2. The second kappa shape index (κ2) is 8.22. The molecule has 5 rings (SSSR count). The highest BCUT2D eigenvalue weighted by Gasteiger charge is 2.35. The highest BCUT2D eigenvalue weighted by Crippen LogP contribution is 2.36. The van der Waals surface area contributed by atoms with E-state index in [0.717, 1.165) is 63.8 Å². The zero-order valence-electron chi connectivity index (χ0n) is 17.5. The summed E-state index contributed by atoms with van der Waals surface area (Å²) in [5, 5.41) is 3.33. The quantitative estimate of drug-likeness (QED) is 0.788. The number of anilines is 3. The average Bonchev–Trinajstić information content (AvgIpc) is 2.79. The van der Waals surface area contributed by atoms with Gasteiger partial charge in [-0.15, -0.1) is 0 Å². The van der Waals surface area contributed by atoms with Gasteiger partial charge in [0.15, 0.2) is 0 Å². The first-order valence-corrected chi connectivity index (χ1v) is 11.0. The van der Waals surface area contributed by atoms with Gasteiger partial charge in [-0.05, 0) is 24.8 Å². The lowest BCUT2D eigenvalue weighted by Crippen LogP contribution is -2.48. The second-order valence-corrected chi connectivity index (χ2v) is 8.39. The van der Waals surface area contributed by atoms with E-state index in [2.05, 4.69) is 33.1 Å². The lowest BCUT2D eigenvalue weighted by atomic mass is 9.83. The second-order valence-electron chi connectivity index (χ2n) is 8.39. The topological polar surface area (TPSA) is 88.4 Å². The van der Waals surface area contributed by atoms with Gasteiger partial charge in [-0.2, -0.15) is 15.0 Å². The molecule has 2 atom stereocenters. The number of nitrogens with zero attached hydrogens (tertiary/aromatic N) is 6. The number of morpholine rings is 1. The van der Waals surface area contributed by atoms with E-state index < -0.39 is 0 Å². The highest BCUT2D eigenvalue weighted by molar-refractivity contribution is 5.46. The maximum atomic E-state index is 12.3. The summed E-state index contributed by atoms with van der Waals surface area (Å²) in [6, 6.07) is 5.63. The smallest absolute Gasteiger partial charge is 0.250 e. The summed E-state index contributed by atoms with van der Waals surface area (Å²) in [5.41, 5.74) is 1.24. The highest BCUT2D eigenvalue weighted by atomic mass is 16.5. The lowest BCUT2D eigenvalue weighted by Gasteiger charge is -2.42. The standard InChI is InChI=1S/C21H29N7O2/c1-2-6-22-19-23-20(26-7-9-30-10-8-26)25-21(24-19)27-12-15-11-16(14-27)17-4-3-5-18(29)28(17)13-15/h3-5,15-16H,2,6-14H2,1H3,(H,22,23,24,25)/t15-,16+/m1/s1. The third kappa shape index (κ3) is 3.74. The van der Waals surface area contributed by atoms with Gasteiger partial charge in [-0.3, -0.25) is 4.79 Å². The molecule has 5 heterocycles. The first kappa shape index (κ1) is 19.3. The number of hydrogen-bond acceptors (Lipinski definition) is 8. The number of piperidine rings is 1. The van der Waals surface area contributed by atoms with E-state index in [1.165, 1.54) is 0 Å². The Morgan fingerprint density at radius 2 is 1.87 bits per heavy atom. The third-order valence-electron chi connectivity index (χ3n) is 6.20. The van der Waals surface area contributed by atoms with Gasteiger partial charge in [0.2, 0.25) is 17.8 Å². The third-order valence-corrected chi connectivity index (χ3v) is 6.20. The first-order chi connectivity index (χ1) is 14.7. The Labute approximate surface area is 176 Å². The molecule has 2 saturated heterocycles. The number of rotatable bonds is 5. The predicted octanol–water partition coefficient (Wildman–Crippen LogP) is 1.32. The van der Waals surface area contributed by atoms with Crippen molar-refractivity contribution in [2.24, 2.45) is 5.92 Å². The molecule has 2 fully saturated rings. The van der Waals surface area contributed by atoms with Gasteiger partial charge in [-0.1, -0.05) is 13.0 Å². The largest absolute Gasteiger partial charge is 0.378 e.